The Kier molecular flexibility index (Phi) is 3.71. The molecule has 1 unspecified atom stereocenters. The number of nitrogens with zero attached hydrogens (tertiary/aromatic N) is 3. The van der Waals surface area contributed by atoms with Gasteiger partial charge in [-0.1, -0.05) is 11.6 Å². The number of aliphatic imine (C=N–C) groups is 1. The van der Waals surface area contributed by atoms with Gasteiger partial charge >= 0.3 is 0 Å². The summed E-state index contributed by atoms with van der Waals surface area (Å²) < 4.78 is 24.6. The number of thiophene rings is 1. The first-order valence-electron chi connectivity index (χ1n) is 7.94. The van der Waals surface area contributed by atoms with Crippen molar-refractivity contribution >= 4 is 38.6 Å². The molecule has 1 aliphatic carbocycles. The van der Waals surface area contributed by atoms with Gasteiger partial charge in [-0.15, -0.1) is 11.3 Å². The Morgan fingerprint density at radius 2 is 2.08 bits per heavy atom. The zero-order valence-electron chi connectivity index (χ0n) is 13.9. The third-order valence-electron chi connectivity index (χ3n) is 4.93. The maximum Gasteiger partial charge on any atom is 0.165 e. The van der Waals surface area contributed by atoms with Crippen LogP contribution in [-0.4, -0.2) is 29.7 Å². The lowest BCUT2D eigenvalue weighted by atomic mass is 10.0. The standard InChI is InChI=1S/C17H15ClN4O2S2/c1-16(9-26(23,24)17(2-3-17)15(20)22-16)14-12(18)5-13(25-14)11-4-10(6-19)7-21-8-11/h4-5,7-8H,2-3,9H2,1H3,(H2,20,22). The van der Waals surface area contributed by atoms with Gasteiger partial charge < -0.3 is 5.73 Å². The number of amidine groups is 1. The van der Waals surface area contributed by atoms with Gasteiger partial charge in [-0.2, -0.15) is 5.26 Å². The second-order valence-corrected chi connectivity index (χ2v) is 10.6. The fourth-order valence-electron chi connectivity index (χ4n) is 3.38. The number of aromatic nitrogens is 1. The fraction of sp³-hybridized carbons (Fsp3) is 0.353. The van der Waals surface area contributed by atoms with E-state index >= 15 is 0 Å². The van der Waals surface area contributed by atoms with Gasteiger partial charge in [0.15, 0.2) is 9.84 Å². The van der Waals surface area contributed by atoms with E-state index in [4.69, 9.17) is 22.6 Å². The molecule has 134 valence electrons. The third-order valence-corrected chi connectivity index (χ3v) is 9.53. The molecule has 26 heavy (non-hydrogen) atoms. The van der Waals surface area contributed by atoms with Crippen LogP contribution in [0.4, 0.5) is 0 Å². The lowest BCUT2D eigenvalue weighted by Crippen LogP contribution is -2.50. The Hall–Kier alpha value is -1.95. The van der Waals surface area contributed by atoms with Crippen molar-refractivity contribution in [1.29, 1.82) is 5.26 Å². The zero-order chi connectivity index (χ0) is 18.7. The normalized spacial score (nSPS) is 25.5. The Morgan fingerprint density at radius 1 is 1.35 bits per heavy atom. The van der Waals surface area contributed by atoms with Crippen molar-refractivity contribution < 1.29 is 8.42 Å². The summed E-state index contributed by atoms with van der Waals surface area (Å²) in [6, 6.07) is 5.53. The molecule has 2 aromatic heterocycles. The van der Waals surface area contributed by atoms with Crippen molar-refractivity contribution in [2.24, 2.45) is 10.7 Å². The summed E-state index contributed by atoms with van der Waals surface area (Å²) in [5, 5.41) is 9.48. The quantitative estimate of drug-likeness (QED) is 0.824. The van der Waals surface area contributed by atoms with E-state index in [9.17, 15) is 8.42 Å². The Morgan fingerprint density at radius 3 is 2.69 bits per heavy atom. The molecular formula is C17H15ClN4O2S2. The van der Waals surface area contributed by atoms with E-state index in [0.717, 1.165) is 10.4 Å². The van der Waals surface area contributed by atoms with Crippen LogP contribution in [-0.2, 0) is 15.4 Å². The highest BCUT2D eigenvalue weighted by Crippen LogP contribution is 2.52. The number of nitrogens with two attached hydrogens (primary N) is 1. The van der Waals surface area contributed by atoms with Crippen LogP contribution in [0.15, 0.2) is 29.5 Å². The average Bonchev–Trinajstić information content (AvgIpc) is 3.31. The van der Waals surface area contributed by atoms with Crippen LogP contribution < -0.4 is 5.73 Å². The smallest absolute Gasteiger partial charge is 0.165 e. The van der Waals surface area contributed by atoms with Gasteiger partial charge in [-0.3, -0.25) is 9.98 Å². The van der Waals surface area contributed by atoms with Crippen LogP contribution >= 0.6 is 22.9 Å². The number of rotatable bonds is 2. The summed E-state index contributed by atoms with van der Waals surface area (Å²) in [5.41, 5.74) is 6.23. The second kappa shape index (κ2) is 5.52. The number of pyridine rings is 1. The minimum Gasteiger partial charge on any atom is -0.386 e. The predicted molar refractivity (Wildman–Crippen MR) is 102 cm³/mol. The summed E-state index contributed by atoms with van der Waals surface area (Å²) in [4.78, 5) is 10.1. The van der Waals surface area contributed by atoms with Gasteiger partial charge in [0.2, 0.25) is 0 Å². The average molecular weight is 407 g/mol. The molecule has 0 radical (unpaired) electrons. The van der Waals surface area contributed by atoms with Crippen molar-refractivity contribution in [3.05, 3.63) is 40.0 Å². The summed E-state index contributed by atoms with van der Waals surface area (Å²) in [5.74, 6) is 0.0713. The molecule has 0 amide bonds. The highest BCUT2D eigenvalue weighted by atomic mass is 35.5. The van der Waals surface area contributed by atoms with Crippen LogP contribution in [0, 0.1) is 11.3 Å². The van der Waals surface area contributed by atoms with Crippen LogP contribution in [0.1, 0.15) is 30.2 Å². The minimum absolute atomic E-state index is 0.114. The van der Waals surface area contributed by atoms with Gasteiger partial charge in [-0.25, -0.2) is 8.42 Å². The number of halogens is 1. The molecule has 1 fully saturated rings. The maximum absolute atomic E-state index is 12.8. The molecule has 2 aliphatic rings. The van der Waals surface area contributed by atoms with Crippen molar-refractivity contribution in [3.63, 3.8) is 0 Å². The van der Waals surface area contributed by atoms with Crippen molar-refractivity contribution in [2.75, 3.05) is 5.75 Å². The van der Waals surface area contributed by atoms with E-state index in [0.29, 0.717) is 28.3 Å². The van der Waals surface area contributed by atoms with E-state index in [2.05, 4.69) is 16.0 Å². The van der Waals surface area contributed by atoms with E-state index in [1.165, 1.54) is 17.5 Å². The number of hydrogen-bond acceptors (Lipinski definition) is 7. The van der Waals surface area contributed by atoms with Crippen molar-refractivity contribution in [1.82, 2.24) is 4.98 Å². The lowest BCUT2D eigenvalue weighted by Gasteiger charge is -2.33. The maximum atomic E-state index is 12.8. The molecule has 2 N–H and O–H groups in total. The van der Waals surface area contributed by atoms with E-state index in [1.54, 1.807) is 25.3 Å². The lowest BCUT2D eigenvalue weighted by molar-refractivity contribution is 0.520. The van der Waals surface area contributed by atoms with Gasteiger partial charge in [0.05, 0.1) is 21.2 Å². The molecule has 0 saturated heterocycles. The van der Waals surface area contributed by atoms with Crippen LogP contribution in [0.25, 0.3) is 10.4 Å². The molecule has 1 atom stereocenters. The molecule has 0 bridgehead atoms. The summed E-state index contributed by atoms with van der Waals surface area (Å²) in [6.07, 6.45) is 4.20. The number of nitriles is 1. The van der Waals surface area contributed by atoms with E-state index < -0.39 is 20.1 Å². The molecule has 0 aromatic carbocycles. The molecule has 4 rings (SSSR count). The van der Waals surface area contributed by atoms with Crippen LogP contribution in [0.5, 0.6) is 0 Å². The molecule has 6 nitrogen and oxygen atoms in total. The van der Waals surface area contributed by atoms with Gasteiger partial charge in [-0.05, 0) is 31.9 Å². The van der Waals surface area contributed by atoms with Crippen LogP contribution in [0.3, 0.4) is 0 Å². The Balaban J connectivity index is 1.81. The van der Waals surface area contributed by atoms with E-state index in [1.807, 2.05) is 0 Å². The van der Waals surface area contributed by atoms with Gasteiger partial charge in [0, 0.05) is 22.8 Å². The summed E-state index contributed by atoms with van der Waals surface area (Å²) >= 11 is 7.79. The van der Waals surface area contributed by atoms with Crippen molar-refractivity contribution in [3.8, 4) is 16.5 Å². The molecular weight excluding hydrogens is 392 g/mol. The molecule has 1 spiro atoms. The summed E-state index contributed by atoms with van der Waals surface area (Å²) in [6.45, 7) is 1.75. The van der Waals surface area contributed by atoms with Crippen molar-refractivity contribution in [2.45, 2.75) is 30.1 Å². The summed E-state index contributed by atoms with van der Waals surface area (Å²) in [7, 11) is -3.40. The first kappa shape index (κ1) is 17.5. The first-order chi connectivity index (χ1) is 12.2. The zero-order valence-corrected chi connectivity index (χ0v) is 16.2. The molecule has 2 aromatic rings. The second-order valence-electron chi connectivity index (χ2n) is 6.89. The fourth-order valence-corrected chi connectivity index (χ4v) is 7.40. The Labute approximate surface area is 160 Å². The monoisotopic (exact) mass is 406 g/mol. The third kappa shape index (κ3) is 2.46. The van der Waals surface area contributed by atoms with Gasteiger partial charge in [0.1, 0.15) is 22.2 Å². The van der Waals surface area contributed by atoms with Gasteiger partial charge in [0.25, 0.3) is 0 Å². The SMILES string of the molecule is CC1(c2sc(-c3cncc(C#N)c3)cc2Cl)CS(=O)(=O)C2(CC2)C(N)=N1. The predicted octanol–water partition coefficient (Wildman–Crippen LogP) is 2.87. The molecule has 3 heterocycles. The number of sulfone groups is 1. The van der Waals surface area contributed by atoms with E-state index in [-0.39, 0.29) is 11.6 Å². The topological polar surface area (TPSA) is 109 Å². The largest absolute Gasteiger partial charge is 0.386 e. The highest BCUT2D eigenvalue weighted by Gasteiger charge is 2.62. The van der Waals surface area contributed by atoms with Crippen LogP contribution in [0.2, 0.25) is 5.02 Å². The molecule has 9 heteroatoms. The first-order valence-corrected chi connectivity index (χ1v) is 10.8. The number of hydrogen-bond donors (Lipinski definition) is 1. The minimum atomic E-state index is -3.40. The molecule has 1 saturated carbocycles. The Bertz CT molecular complexity index is 1100. The highest BCUT2D eigenvalue weighted by molar-refractivity contribution is 7.94. The molecule has 1 aliphatic heterocycles.